The fourth-order valence-corrected chi connectivity index (χ4v) is 1.64. The van der Waals surface area contributed by atoms with Gasteiger partial charge in [0.1, 0.15) is 4.47 Å². The lowest BCUT2D eigenvalue weighted by Gasteiger charge is -2.01. The van der Waals surface area contributed by atoms with E-state index in [1.54, 1.807) is 0 Å². The van der Waals surface area contributed by atoms with Crippen molar-refractivity contribution in [1.29, 1.82) is 0 Å². The van der Waals surface area contributed by atoms with Crippen molar-refractivity contribution in [3.05, 3.63) is 31.0 Å². The SMILES string of the molecule is CCCCCc1[nH]c(=O)[nH]c(=O)c1Br. The van der Waals surface area contributed by atoms with Crippen LogP contribution in [0.15, 0.2) is 14.1 Å². The van der Waals surface area contributed by atoms with Crippen molar-refractivity contribution < 1.29 is 0 Å². The van der Waals surface area contributed by atoms with Gasteiger partial charge in [-0.15, -0.1) is 0 Å². The Morgan fingerprint density at radius 3 is 2.57 bits per heavy atom. The summed E-state index contributed by atoms with van der Waals surface area (Å²) in [7, 11) is 0. The lowest BCUT2D eigenvalue weighted by Crippen LogP contribution is -2.24. The second-order valence-corrected chi connectivity index (χ2v) is 3.95. The Kier molecular flexibility index (Phi) is 4.13. The monoisotopic (exact) mass is 260 g/mol. The Labute approximate surface area is 89.9 Å². The molecule has 0 radical (unpaired) electrons. The van der Waals surface area contributed by atoms with Gasteiger partial charge < -0.3 is 4.98 Å². The van der Waals surface area contributed by atoms with Gasteiger partial charge in [0.05, 0.1) is 0 Å². The Balaban J connectivity index is 2.86. The predicted molar refractivity (Wildman–Crippen MR) is 58.6 cm³/mol. The maximum Gasteiger partial charge on any atom is 0.325 e. The van der Waals surface area contributed by atoms with E-state index in [1.807, 2.05) is 0 Å². The van der Waals surface area contributed by atoms with Crippen molar-refractivity contribution in [2.24, 2.45) is 0 Å². The van der Waals surface area contributed by atoms with Gasteiger partial charge in [-0.25, -0.2) is 4.79 Å². The molecule has 0 fully saturated rings. The molecule has 5 heteroatoms. The maximum atomic E-state index is 11.2. The number of hydrogen-bond donors (Lipinski definition) is 2. The van der Waals surface area contributed by atoms with E-state index >= 15 is 0 Å². The number of nitrogens with one attached hydrogen (secondary N) is 2. The van der Waals surface area contributed by atoms with Crippen LogP contribution in [-0.4, -0.2) is 9.97 Å². The van der Waals surface area contributed by atoms with E-state index in [0.717, 1.165) is 25.7 Å². The molecule has 1 rings (SSSR count). The molecule has 4 nitrogen and oxygen atoms in total. The number of aryl methyl sites for hydroxylation is 1. The van der Waals surface area contributed by atoms with Crippen LogP contribution in [-0.2, 0) is 6.42 Å². The van der Waals surface area contributed by atoms with Crippen molar-refractivity contribution in [1.82, 2.24) is 9.97 Å². The van der Waals surface area contributed by atoms with Gasteiger partial charge in [0.2, 0.25) is 0 Å². The second kappa shape index (κ2) is 5.14. The van der Waals surface area contributed by atoms with Crippen LogP contribution in [0.3, 0.4) is 0 Å². The maximum absolute atomic E-state index is 11.2. The molecule has 0 saturated heterocycles. The molecular weight excluding hydrogens is 248 g/mol. The van der Waals surface area contributed by atoms with Gasteiger partial charge in [0, 0.05) is 5.69 Å². The average molecular weight is 261 g/mol. The quantitative estimate of drug-likeness (QED) is 0.808. The Morgan fingerprint density at radius 2 is 1.93 bits per heavy atom. The smallest absolute Gasteiger partial charge is 0.310 e. The zero-order valence-corrected chi connectivity index (χ0v) is 9.61. The van der Waals surface area contributed by atoms with E-state index in [-0.39, 0.29) is 5.56 Å². The van der Waals surface area contributed by atoms with Gasteiger partial charge in [0.15, 0.2) is 0 Å². The van der Waals surface area contributed by atoms with Crippen LogP contribution in [0.1, 0.15) is 31.9 Å². The number of aromatic amines is 2. The summed E-state index contributed by atoms with van der Waals surface area (Å²) in [5.41, 5.74) is -0.114. The van der Waals surface area contributed by atoms with Crippen molar-refractivity contribution in [3.8, 4) is 0 Å². The summed E-state index contributed by atoms with van der Waals surface area (Å²) in [6.07, 6.45) is 3.92. The molecule has 0 aromatic carbocycles. The summed E-state index contributed by atoms with van der Waals surface area (Å²) in [6.45, 7) is 2.11. The van der Waals surface area contributed by atoms with E-state index in [9.17, 15) is 9.59 Å². The summed E-state index contributed by atoms with van der Waals surface area (Å²) in [6, 6.07) is 0. The Bertz CT molecular complexity index is 408. The first-order valence-electron chi connectivity index (χ1n) is 4.66. The highest BCUT2D eigenvalue weighted by Gasteiger charge is 2.04. The number of aromatic nitrogens is 2. The normalized spacial score (nSPS) is 10.4. The highest BCUT2D eigenvalue weighted by Crippen LogP contribution is 2.10. The van der Waals surface area contributed by atoms with Crippen molar-refractivity contribution in [3.63, 3.8) is 0 Å². The van der Waals surface area contributed by atoms with Gasteiger partial charge in [0.25, 0.3) is 5.56 Å². The lowest BCUT2D eigenvalue weighted by atomic mass is 10.1. The molecule has 0 amide bonds. The second-order valence-electron chi connectivity index (χ2n) is 3.16. The first-order chi connectivity index (χ1) is 6.65. The zero-order valence-electron chi connectivity index (χ0n) is 8.02. The Hall–Kier alpha value is -0.840. The number of hydrogen-bond acceptors (Lipinski definition) is 2. The molecule has 0 bridgehead atoms. The number of rotatable bonds is 4. The molecule has 2 N–H and O–H groups in total. The molecule has 1 aromatic rings. The van der Waals surface area contributed by atoms with Crippen LogP contribution in [0.2, 0.25) is 0 Å². The first-order valence-corrected chi connectivity index (χ1v) is 5.45. The van der Waals surface area contributed by atoms with Crippen LogP contribution in [0.5, 0.6) is 0 Å². The topological polar surface area (TPSA) is 65.7 Å². The van der Waals surface area contributed by atoms with E-state index in [0.29, 0.717) is 10.2 Å². The largest absolute Gasteiger partial charge is 0.325 e. The molecule has 0 aliphatic carbocycles. The summed E-state index contributed by atoms with van der Waals surface area (Å²) >= 11 is 3.15. The zero-order chi connectivity index (χ0) is 10.6. The van der Waals surface area contributed by atoms with Crippen molar-refractivity contribution in [2.75, 3.05) is 0 Å². The third-order valence-electron chi connectivity index (χ3n) is 1.99. The highest BCUT2D eigenvalue weighted by molar-refractivity contribution is 9.10. The van der Waals surface area contributed by atoms with E-state index < -0.39 is 5.69 Å². The van der Waals surface area contributed by atoms with Crippen LogP contribution >= 0.6 is 15.9 Å². The summed E-state index contributed by atoms with van der Waals surface area (Å²) in [5, 5.41) is 0. The van der Waals surface area contributed by atoms with Gasteiger partial charge in [-0.3, -0.25) is 9.78 Å². The molecule has 0 atom stereocenters. The fraction of sp³-hybridized carbons (Fsp3) is 0.556. The summed E-state index contributed by atoms with van der Waals surface area (Å²) < 4.78 is 0.438. The molecular formula is C9H13BrN2O2. The highest BCUT2D eigenvalue weighted by atomic mass is 79.9. The molecule has 0 aliphatic heterocycles. The molecule has 14 heavy (non-hydrogen) atoms. The van der Waals surface area contributed by atoms with Gasteiger partial charge in [-0.05, 0) is 28.8 Å². The van der Waals surface area contributed by atoms with Crippen LogP contribution in [0.25, 0.3) is 0 Å². The minimum absolute atomic E-state index is 0.361. The van der Waals surface area contributed by atoms with Crippen LogP contribution in [0.4, 0.5) is 0 Å². The van der Waals surface area contributed by atoms with Gasteiger partial charge in [-0.2, -0.15) is 0 Å². The van der Waals surface area contributed by atoms with E-state index in [2.05, 4.69) is 32.8 Å². The lowest BCUT2D eigenvalue weighted by molar-refractivity contribution is 0.699. The minimum Gasteiger partial charge on any atom is -0.310 e. The van der Waals surface area contributed by atoms with Crippen molar-refractivity contribution >= 4 is 15.9 Å². The Morgan fingerprint density at radius 1 is 1.21 bits per heavy atom. The molecule has 1 heterocycles. The molecule has 78 valence electrons. The van der Waals surface area contributed by atoms with E-state index in [4.69, 9.17) is 0 Å². The molecule has 0 unspecified atom stereocenters. The predicted octanol–water partition coefficient (Wildman–Crippen LogP) is 1.56. The van der Waals surface area contributed by atoms with Crippen LogP contribution in [0, 0.1) is 0 Å². The number of unbranched alkanes of at least 4 members (excludes halogenated alkanes) is 2. The number of halogens is 1. The molecule has 0 saturated carbocycles. The van der Waals surface area contributed by atoms with Gasteiger partial charge >= 0.3 is 5.69 Å². The third kappa shape index (κ3) is 2.83. The van der Waals surface area contributed by atoms with Crippen molar-refractivity contribution in [2.45, 2.75) is 32.6 Å². The summed E-state index contributed by atoms with van der Waals surface area (Å²) in [4.78, 5) is 26.9. The first kappa shape index (κ1) is 11.2. The third-order valence-corrected chi connectivity index (χ3v) is 2.82. The van der Waals surface area contributed by atoms with E-state index in [1.165, 1.54) is 0 Å². The standard InChI is InChI=1S/C9H13BrN2O2/c1-2-3-4-5-6-7(10)8(13)12-9(14)11-6/h2-5H2,1H3,(H2,11,12,13,14). The number of H-pyrrole nitrogens is 2. The van der Waals surface area contributed by atoms with Crippen LogP contribution < -0.4 is 11.2 Å². The molecule has 1 aromatic heterocycles. The average Bonchev–Trinajstić information content (AvgIpc) is 2.13. The van der Waals surface area contributed by atoms with Gasteiger partial charge in [-0.1, -0.05) is 19.8 Å². The minimum atomic E-state index is -0.440. The molecule has 0 aliphatic rings. The summed E-state index contributed by atoms with van der Waals surface area (Å²) in [5.74, 6) is 0. The fourth-order valence-electron chi connectivity index (χ4n) is 1.24. The molecule has 0 spiro atoms.